The standard InChI is InChI=1S/C17H19F3N4O2/c1-8-2-3-10(17(26,15(18)19)16(20)25)4-11(8)12-7-23-14(21)13(24-12)9-5-22-6-9/h2-4,7,9,15-16,22,25-26H,5-6H2,1H3,(H2,21,23). The van der Waals surface area contributed by atoms with Crippen LogP contribution in [0.25, 0.3) is 11.3 Å². The average Bonchev–Trinajstić information content (AvgIpc) is 2.54. The van der Waals surface area contributed by atoms with Crippen molar-refractivity contribution in [2.75, 3.05) is 18.8 Å². The maximum atomic E-state index is 13.4. The maximum absolute atomic E-state index is 13.4. The summed E-state index contributed by atoms with van der Waals surface area (Å²) in [5.74, 6) is 0.397. The fourth-order valence-corrected chi connectivity index (χ4v) is 2.84. The Labute approximate surface area is 147 Å². The molecular weight excluding hydrogens is 349 g/mol. The number of nitrogens with zero attached hydrogens (tertiary/aromatic N) is 2. The molecule has 1 saturated heterocycles. The van der Waals surface area contributed by atoms with Crippen molar-refractivity contribution in [3.05, 3.63) is 41.2 Å². The molecule has 26 heavy (non-hydrogen) atoms. The summed E-state index contributed by atoms with van der Waals surface area (Å²) in [6, 6.07) is 3.78. The van der Waals surface area contributed by atoms with Crippen molar-refractivity contribution in [2.45, 2.75) is 31.2 Å². The van der Waals surface area contributed by atoms with Gasteiger partial charge in [-0.15, -0.1) is 0 Å². The van der Waals surface area contributed by atoms with Gasteiger partial charge in [-0.25, -0.2) is 23.1 Å². The molecule has 5 N–H and O–H groups in total. The molecule has 1 fully saturated rings. The lowest BCUT2D eigenvalue weighted by Gasteiger charge is -2.29. The van der Waals surface area contributed by atoms with Gasteiger partial charge in [0.25, 0.3) is 6.43 Å². The van der Waals surface area contributed by atoms with Crippen LogP contribution >= 0.6 is 0 Å². The Balaban J connectivity index is 2.09. The second-order valence-electron chi connectivity index (χ2n) is 6.37. The van der Waals surface area contributed by atoms with Gasteiger partial charge in [-0.3, -0.25) is 0 Å². The summed E-state index contributed by atoms with van der Waals surface area (Å²) in [6.45, 7) is 3.14. The first-order valence-corrected chi connectivity index (χ1v) is 8.02. The van der Waals surface area contributed by atoms with E-state index in [9.17, 15) is 18.3 Å². The van der Waals surface area contributed by atoms with Gasteiger partial charge in [0.1, 0.15) is 5.82 Å². The van der Waals surface area contributed by atoms with E-state index in [1.807, 2.05) is 0 Å². The number of aryl methyl sites for hydroxylation is 1. The summed E-state index contributed by atoms with van der Waals surface area (Å²) in [5, 5.41) is 22.2. The van der Waals surface area contributed by atoms with E-state index in [1.165, 1.54) is 18.3 Å². The molecule has 0 spiro atoms. The van der Waals surface area contributed by atoms with Crippen LogP contribution in [0.3, 0.4) is 0 Å². The molecule has 1 aliphatic rings. The number of halogens is 3. The van der Waals surface area contributed by atoms with E-state index >= 15 is 0 Å². The molecule has 1 aromatic carbocycles. The summed E-state index contributed by atoms with van der Waals surface area (Å²) in [6.07, 6.45) is -5.27. The molecule has 140 valence electrons. The lowest BCUT2D eigenvalue weighted by Crippen LogP contribution is -2.43. The number of nitrogens with one attached hydrogen (secondary N) is 1. The molecule has 2 aromatic rings. The van der Waals surface area contributed by atoms with E-state index in [-0.39, 0.29) is 11.7 Å². The number of aliphatic hydroxyl groups is 2. The highest BCUT2D eigenvalue weighted by molar-refractivity contribution is 5.65. The number of nitrogen functional groups attached to an aromatic ring is 1. The largest absolute Gasteiger partial charge is 0.382 e. The van der Waals surface area contributed by atoms with Gasteiger partial charge < -0.3 is 21.3 Å². The number of nitrogens with two attached hydrogens (primary N) is 1. The molecule has 0 aliphatic carbocycles. The quantitative estimate of drug-likeness (QED) is 0.637. The fraction of sp³-hybridized carbons (Fsp3) is 0.412. The highest BCUT2D eigenvalue weighted by Gasteiger charge is 2.47. The zero-order valence-corrected chi connectivity index (χ0v) is 14.0. The van der Waals surface area contributed by atoms with Crippen LogP contribution in [0, 0.1) is 6.92 Å². The Morgan fingerprint density at radius 1 is 1.31 bits per heavy atom. The van der Waals surface area contributed by atoms with E-state index < -0.39 is 23.9 Å². The molecule has 2 unspecified atom stereocenters. The summed E-state index contributed by atoms with van der Waals surface area (Å²) < 4.78 is 39.8. The summed E-state index contributed by atoms with van der Waals surface area (Å²) >= 11 is 0. The van der Waals surface area contributed by atoms with Crippen molar-refractivity contribution in [3.8, 4) is 11.3 Å². The Bertz CT molecular complexity index is 805. The molecule has 0 radical (unpaired) electrons. The predicted octanol–water partition coefficient (Wildman–Crippen LogP) is 1.46. The van der Waals surface area contributed by atoms with Gasteiger partial charge in [0.15, 0.2) is 0 Å². The van der Waals surface area contributed by atoms with Gasteiger partial charge in [-0.1, -0.05) is 12.1 Å². The van der Waals surface area contributed by atoms with Crippen molar-refractivity contribution in [1.82, 2.24) is 15.3 Å². The van der Waals surface area contributed by atoms with E-state index in [4.69, 9.17) is 10.8 Å². The van der Waals surface area contributed by atoms with Crippen molar-refractivity contribution in [3.63, 3.8) is 0 Å². The molecule has 0 bridgehead atoms. The first-order valence-electron chi connectivity index (χ1n) is 8.02. The minimum absolute atomic E-state index is 0.108. The van der Waals surface area contributed by atoms with Crippen molar-refractivity contribution >= 4 is 5.82 Å². The summed E-state index contributed by atoms with van der Waals surface area (Å²) in [5.41, 5.74) is 4.11. The molecule has 0 saturated carbocycles. The number of rotatable bonds is 5. The zero-order valence-electron chi connectivity index (χ0n) is 14.0. The fourth-order valence-electron chi connectivity index (χ4n) is 2.84. The number of hydrogen-bond acceptors (Lipinski definition) is 6. The minimum atomic E-state index is -3.52. The Morgan fingerprint density at radius 2 is 2.00 bits per heavy atom. The first kappa shape index (κ1) is 18.6. The van der Waals surface area contributed by atoms with E-state index in [0.717, 1.165) is 6.07 Å². The third-order valence-corrected chi connectivity index (χ3v) is 4.67. The number of aliphatic hydroxyl groups excluding tert-OH is 1. The van der Waals surface area contributed by atoms with Crippen LogP contribution in [0.5, 0.6) is 0 Å². The Morgan fingerprint density at radius 3 is 2.54 bits per heavy atom. The van der Waals surface area contributed by atoms with Crippen LogP contribution in [0.4, 0.5) is 19.0 Å². The molecule has 1 aliphatic heterocycles. The van der Waals surface area contributed by atoms with E-state index in [1.54, 1.807) is 6.92 Å². The number of anilines is 1. The van der Waals surface area contributed by atoms with Crippen molar-refractivity contribution < 1.29 is 23.4 Å². The third kappa shape index (κ3) is 3.02. The van der Waals surface area contributed by atoms with Gasteiger partial charge in [0.05, 0.1) is 17.6 Å². The maximum Gasteiger partial charge on any atom is 0.276 e. The monoisotopic (exact) mass is 368 g/mol. The smallest absolute Gasteiger partial charge is 0.276 e. The molecular formula is C17H19F3N4O2. The van der Waals surface area contributed by atoms with Crippen molar-refractivity contribution in [1.29, 1.82) is 0 Å². The lowest BCUT2D eigenvalue weighted by molar-refractivity contribution is -0.211. The van der Waals surface area contributed by atoms with Gasteiger partial charge in [-0.2, -0.15) is 0 Å². The Hall–Kier alpha value is -2.23. The number of alkyl halides is 3. The average molecular weight is 368 g/mol. The van der Waals surface area contributed by atoms with Gasteiger partial charge >= 0.3 is 0 Å². The topological polar surface area (TPSA) is 104 Å². The molecule has 9 heteroatoms. The molecule has 6 nitrogen and oxygen atoms in total. The van der Waals surface area contributed by atoms with Gasteiger partial charge in [0, 0.05) is 24.6 Å². The Kier molecular flexibility index (Phi) is 4.87. The lowest BCUT2D eigenvalue weighted by atomic mass is 9.90. The van der Waals surface area contributed by atoms with Crippen LogP contribution in [0.2, 0.25) is 0 Å². The number of benzene rings is 1. The zero-order chi connectivity index (χ0) is 19.1. The van der Waals surface area contributed by atoms with E-state index in [2.05, 4.69) is 15.3 Å². The SMILES string of the molecule is Cc1ccc(C(O)(C(O)F)C(F)F)cc1-c1cnc(N)c(C2CNC2)n1. The van der Waals surface area contributed by atoms with Crippen LogP contribution in [-0.2, 0) is 5.60 Å². The van der Waals surface area contributed by atoms with E-state index in [0.29, 0.717) is 35.6 Å². The van der Waals surface area contributed by atoms with Crippen molar-refractivity contribution in [2.24, 2.45) is 0 Å². The predicted molar refractivity (Wildman–Crippen MR) is 89.2 cm³/mol. The molecule has 3 rings (SSSR count). The van der Waals surface area contributed by atoms with Crippen LogP contribution in [0.15, 0.2) is 24.4 Å². The van der Waals surface area contributed by atoms with Gasteiger partial charge in [-0.05, 0) is 24.1 Å². The summed E-state index contributed by atoms with van der Waals surface area (Å²) in [7, 11) is 0. The normalized spacial score (nSPS) is 18.4. The highest BCUT2D eigenvalue weighted by atomic mass is 19.3. The summed E-state index contributed by atoms with van der Waals surface area (Å²) in [4.78, 5) is 8.60. The molecule has 2 heterocycles. The number of aromatic nitrogens is 2. The highest BCUT2D eigenvalue weighted by Crippen LogP contribution is 2.36. The number of hydrogen-bond donors (Lipinski definition) is 4. The second kappa shape index (κ2) is 6.82. The van der Waals surface area contributed by atoms with Crippen LogP contribution in [0.1, 0.15) is 22.7 Å². The van der Waals surface area contributed by atoms with Gasteiger partial charge in [0.2, 0.25) is 12.0 Å². The molecule has 0 amide bonds. The van der Waals surface area contributed by atoms with Crippen LogP contribution in [-0.4, -0.2) is 46.1 Å². The minimum Gasteiger partial charge on any atom is -0.382 e. The second-order valence-corrected chi connectivity index (χ2v) is 6.37. The van der Waals surface area contributed by atoms with Crippen LogP contribution < -0.4 is 11.1 Å². The third-order valence-electron chi connectivity index (χ3n) is 4.67. The molecule has 1 aromatic heterocycles. The molecule has 2 atom stereocenters. The first-order chi connectivity index (χ1) is 12.2.